The first-order chi connectivity index (χ1) is 11.8. The molecule has 4 aliphatic carbocycles. The van der Waals surface area contributed by atoms with E-state index >= 15 is 0 Å². The largest absolute Gasteiger partial charge is 0.393 e. The molecule has 0 aromatic carbocycles. The number of carbonyl (C=O) groups excluding carboxylic acids is 3. The Hall–Kier alpha value is -1.65. The van der Waals surface area contributed by atoms with E-state index in [4.69, 9.17) is 4.74 Å². The Bertz CT molecular complexity index is 675. The van der Waals surface area contributed by atoms with Crippen LogP contribution in [0.5, 0.6) is 0 Å². The minimum absolute atomic E-state index is 0.0446. The van der Waals surface area contributed by atoms with Gasteiger partial charge in [0.15, 0.2) is 0 Å². The van der Waals surface area contributed by atoms with Crippen molar-refractivity contribution in [3.63, 3.8) is 0 Å². The van der Waals surface area contributed by atoms with Crippen molar-refractivity contribution < 1.29 is 19.1 Å². The normalized spacial score (nSPS) is 40.4. The van der Waals surface area contributed by atoms with Crippen molar-refractivity contribution in [2.45, 2.75) is 40.5 Å². The lowest BCUT2D eigenvalue weighted by atomic mass is 9.42. The summed E-state index contributed by atoms with van der Waals surface area (Å²) in [4.78, 5) is 39.7. The molecule has 0 spiro atoms. The van der Waals surface area contributed by atoms with Crippen LogP contribution in [0.15, 0.2) is 11.6 Å². The van der Waals surface area contributed by atoms with E-state index in [0.29, 0.717) is 24.9 Å². The maximum Gasteiger partial charge on any atom is 0.318 e. The fraction of sp³-hybridized carbons (Fsp3) is 0.750. The molecule has 1 aliphatic heterocycles. The van der Waals surface area contributed by atoms with Gasteiger partial charge in [0.2, 0.25) is 5.91 Å². The lowest BCUT2D eigenvalue weighted by molar-refractivity contribution is -0.155. The third kappa shape index (κ3) is 2.10. The SMILES string of the molecule is CCN(CC)C(=O)[C@H]1C=C2[C@@H](C[C@@H]3C[C@@H]2C3(C)C)[C@H]2C(=O)OC(=O)[C@@H]21. The van der Waals surface area contributed by atoms with Gasteiger partial charge < -0.3 is 9.64 Å². The van der Waals surface area contributed by atoms with Crippen molar-refractivity contribution in [3.05, 3.63) is 11.6 Å². The first kappa shape index (κ1) is 16.8. The standard InChI is InChI=1S/C20H27NO4/c1-5-21(6-2)17(22)13-9-11-12(7-10-8-14(11)20(10,3)4)15-16(13)19(24)25-18(15)23/h9-10,12-16H,5-8H2,1-4H3/t10-,12-,13+,14+,15-,16-/m1/s1. The summed E-state index contributed by atoms with van der Waals surface area (Å²) in [6, 6.07) is 0. The Morgan fingerprint density at radius 1 is 1.16 bits per heavy atom. The molecule has 5 heteroatoms. The van der Waals surface area contributed by atoms with E-state index in [1.807, 2.05) is 19.9 Å². The number of nitrogens with zero attached hydrogens (tertiary/aromatic N) is 1. The molecule has 5 aliphatic rings. The van der Waals surface area contributed by atoms with Gasteiger partial charge in [-0.2, -0.15) is 0 Å². The number of carbonyl (C=O) groups is 3. The van der Waals surface area contributed by atoms with Gasteiger partial charge in [-0.25, -0.2) is 0 Å². The van der Waals surface area contributed by atoms with E-state index in [0.717, 1.165) is 12.8 Å². The molecule has 5 rings (SSSR count). The Kier molecular flexibility index (Phi) is 3.64. The van der Waals surface area contributed by atoms with E-state index in [9.17, 15) is 14.4 Å². The number of ether oxygens (including phenoxy) is 1. The number of esters is 2. The third-order valence-electron chi connectivity index (χ3n) is 7.52. The van der Waals surface area contributed by atoms with E-state index in [1.165, 1.54) is 5.57 Å². The number of cyclic esters (lactones) is 2. The number of allylic oxidation sites excluding steroid dienone is 1. The smallest absolute Gasteiger partial charge is 0.318 e. The lowest BCUT2D eigenvalue weighted by Crippen LogP contribution is -2.56. The molecule has 0 radical (unpaired) electrons. The van der Waals surface area contributed by atoms with Gasteiger partial charge in [0.05, 0.1) is 17.8 Å². The Morgan fingerprint density at radius 2 is 1.80 bits per heavy atom. The molecule has 5 nitrogen and oxygen atoms in total. The number of rotatable bonds is 3. The molecule has 0 N–H and O–H groups in total. The number of amides is 1. The third-order valence-corrected chi connectivity index (χ3v) is 7.52. The average Bonchev–Trinajstić information content (AvgIpc) is 2.89. The van der Waals surface area contributed by atoms with Crippen molar-refractivity contribution in [1.82, 2.24) is 4.90 Å². The molecule has 136 valence electrons. The van der Waals surface area contributed by atoms with Crippen LogP contribution in [-0.2, 0) is 19.1 Å². The topological polar surface area (TPSA) is 63.7 Å². The minimum Gasteiger partial charge on any atom is -0.393 e. The summed E-state index contributed by atoms with van der Waals surface area (Å²) < 4.78 is 5.00. The molecule has 2 bridgehead atoms. The second-order valence-corrected chi connectivity index (χ2v) is 8.64. The molecule has 0 aromatic heterocycles. The van der Waals surface area contributed by atoms with Crippen LogP contribution in [0.4, 0.5) is 0 Å². The maximum absolute atomic E-state index is 13.1. The van der Waals surface area contributed by atoms with Gasteiger partial charge in [-0.3, -0.25) is 14.4 Å². The fourth-order valence-electron chi connectivity index (χ4n) is 5.87. The quantitative estimate of drug-likeness (QED) is 0.448. The van der Waals surface area contributed by atoms with Gasteiger partial charge in [0.1, 0.15) is 0 Å². The van der Waals surface area contributed by atoms with Gasteiger partial charge in [-0.05, 0) is 49.9 Å². The Morgan fingerprint density at radius 3 is 2.40 bits per heavy atom. The van der Waals surface area contributed by atoms with Crippen molar-refractivity contribution in [3.8, 4) is 0 Å². The molecule has 6 atom stereocenters. The predicted molar refractivity (Wildman–Crippen MR) is 91.1 cm³/mol. The molecule has 0 unspecified atom stereocenters. The van der Waals surface area contributed by atoms with Crippen molar-refractivity contribution in [1.29, 1.82) is 0 Å². The molecule has 4 fully saturated rings. The highest BCUT2D eigenvalue weighted by atomic mass is 16.6. The second kappa shape index (κ2) is 5.42. The van der Waals surface area contributed by atoms with Crippen molar-refractivity contribution in [2.75, 3.05) is 13.1 Å². The monoisotopic (exact) mass is 345 g/mol. The number of fused-ring (bicyclic) bond motifs is 1. The molecule has 3 saturated carbocycles. The first-order valence-electron chi connectivity index (χ1n) is 9.57. The van der Waals surface area contributed by atoms with Crippen LogP contribution in [0.2, 0.25) is 0 Å². The number of hydrogen-bond acceptors (Lipinski definition) is 4. The average molecular weight is 345 g/mol. The lowest BCUT2D eigenvalue weighted by Gasteiger charge is -2.62. The van der Waals surface area contributed by atoms with Crippen LogP contribution >= 0.6 is 0 Å². The summed E-state index contributed by atoms with van der Waals surface area (Å²) in [7, 11) is 0. The summed E-state index contributed by atoms with van der Waals surface area (Å²) in [5.41, 5.74) is 1.47. The molecule has 25 heavy (non-hydrogen) atoms. The maximum atomic E-state index is 13.1. The highest BCUT2D eigenvalue weighted by Crippen LogP contribution is 2.66. The van der Waals surface area contributed by atoms with Crippen LogP contribution < -0.4 is 0 Å². The van der Waals surface area contributed by atoms with E-state index in [-0.39, 0.29) is 17.2 Å². The molecular weight excluding hydrogens is 318 g/mol. The highest BCUT2D eigenvalue weighted by Gasteiger charge is 2.64. The molecular formula is C20H27NO4. The highest BCUT2D eigenvalue weighted by molar-refractivity contribution is 6.00. The molecule has 1 amide bonds. The van der Waals surface area contributed by atoms with E-state index in [2.05, 4.69) is 13.8 Å². The van der Waals surface area contributed by atoms with Gasteiger partial charge in [0, 0.05) is 13.1 Å². The summed E-state index contributed by atoms with van der Waals surface area (Å²) in [6.07, 6.45) is 4.13. The van der Waals surface area contributed by atoms with Gasteiger partial charge in [0.25, 0.3) is 0 Å². The van der Waals surface area contributed by atoms with Gasteiger partial charge in [-0.15, -0.1) is 0 Å². The summed E-state index contributed by atoms with van der Waals surface area (Å²) in [5, 5.41) is 0. The van der Waals surface area contributed by atoms with E-state index < -0.39 is 29.7 Å². The summed E-state index contributed by atoms with van der Waals surface area (Å²) in [5.74, 6) is -1.50. The Labute approximate surface area is 148 Å². The first-order valence-corrected chi connectivity index (χ1v) is 9.57. The Balaban J connectivity index is 1.77. The van der Waals surface area contributed by atoms with Gasteiger partial charge >= 0.3 is 11.9 Å². The minimum atomic E-state index is -0.630. The molecule has 0 aromatic rings. The van der Waals surface area contributed by atoms with Crippen molar-refractivity contribution >= 4 is 17.8 Å². The summed E-state index contributed by atoms with van der Waals surface area (Å²) >= 11 is 0. The zero-order valence-electron chi connectivity index (χ0n) is 15.5. The summed E-state index contributed by atoms with van der Waals surface area (Å²) in [6.45, 7) is 9.67. The van der Waals surface area contributed by atoms with E-state index in [1.54, 1.807) is 4.90 Å². The van der Waals surface area contributed by atoms with Crippen molar-refractivity contribution in [2.24, 2.45) is 40.9 Å². The van der Waals surface area contributed by atoms with Crippen LogP contribution in [0.3, 0.4) is 0 Å². The number of hydrogen-bond donors (Lipinski definition) is 0. The van der Waals surface area contributed by atoms with Crippen LogP contribution in [0, 0.1) is 40.9 Å². The van der Waals surface area contributed by atoms with Crippen LogP contribution in [0.1, 0.15) is 40.5 Å². The van der Waals surface area contributed by atoms with Crippen LogP contribution in [0.25, 0.3) is 0 Å². The zero-order valence-corrected chi connectivity index (χ0v) is 15.5. The molecule has 1 saturated heterocycles. The second-order valence-electron chi connectivity index (χ2n) is 8.64. The molecule has 1 heterocycles. The van der Waals surface area contributed by atoms with Crippen LogP contribution in [-0.4, -0.2) is 35.8 Å². The zero-order chi connectivity index (χ0) is 18.1. The fourth-order valence-corrected chi connectivity index (χ4v) is 5.87. The van der Waals surface area contributed by atoms with Gasteiger partial charge in [-0.1, -0.05) is 25.5 Å². The predicted octanol–water partition coefficient (Wildman–Crippen LogP) is 2.41.